The maximum Gasteiger partial charge on any atom is 0.401 e. The summed E-state index contributed by atoms with van der Waals surface area (Å²) in [7, 11) is 0. The maximum atomic E-state index is 12.3. The van der Waals surface area contributed by atoms with E-state index >= 15 is 0 Å². The van der Waals surface area contributed by atoms with E-state index in [9.17, 15) is 22.8 Å². The highest BCUT2D eigenvalue weighted by molar-refractivity contribution is 5.82. The fourth-order valence-electron chi connectivity index (χ4n) is 3.04. The summed E-state index contributed by atoms with van der Waals surface area (Å²) < 4.78 is 36.9. The highest BCUT2D eigenvalue weighted by Gasteiger charge is 2.37. The number of nitrogens with two attached hydrogens (primary N) is 1. The molecule has 5 nitrogen and oxygen atoms in total. The Hall–Kier alpha value is -1.31. The van der Waals surface area contributed by atoms with Crippen LogP contribution < -0.4 is 5.73 Å². The zero-order valence-electron chi connectivity index (χ0n) is 11.7. The number of carbonyl (C=O) groups is 2. The predicted octanol–water partition coefficient (Wildman–Crippen LogP) is 0.594. The third-order valence-electron chi connectivity index (χ3n) is 4.24. The van der Waals surface area contributed by atoms with Gasteiger partial charge in [0.2, 0.25) is 11.8 Å². The van der Waals surface area contributed by atoms with Crippen LogP contribution in [0, 0.1) is 11.8 Å². The van der Waals surface area contributed by atoms with Gasteiger partial charge in [0.15, 0.2) is 0 Å². The number of hydrogen-bond acceptors (Lipinski definition) is 3. The summed E-state index contributed by atoms with van der Waals surface area (Å²) in [6.07, 6.45) is -2.74. The summed E-state index contributed by atoms with van der Waals surface area (Å²) in [4.78, 5) is 26.3. The number of likely N-dealkylation sites (tertiary alicyclic amines) is 2. The predicted molar refractivity (Wildman–Crippen MR) is 69.1 cm³/mol. The van der Waals surface area contributed by atoms with Crippen molar-refractivity contribution in [3.63, 3.8) is 0 Å². The summed E-state index contributed by atoms with van der Waals surface area (Å²) in [6, 6.07) is 0. The second kappa shape index (κ2) is 6.21. The van der Waals surface area contributed by atoms with E-state index in [0.717, 1.165) is 0 Å². The number of primary amides is 1. The fourth-order valence-corrected chi connectivity index (χ4v) is 3.04. The van der Waals surface area contributed by atoms with E-state index in [1.54, 1.807) is 4.90 Å². The molecule has 2 N–H and O–H groups in total. The van der Waals surface area contributed by atoms with Crippen molar-refractivity contribution in [3.8, 4) is 0 Å². The monoisotopic (exact) mass is 307 g/mol. The minimum absolute atomic E-state index is 0.0505. The number of amides is 2. The Morgan fingerprint density at radius 1 is 1.05 bits per heavy atom. The fraction of sp³-hybridized carbons (Fsp3) is 0.846. The molecule has 0 bridgehead atoms. The van der Waals surface area contributed by atoms with E-state index in [1.165, 1.54) is 4.90 Å². The molecule has 0 aromatic carbocycles. The Morgan fingerprint density at radius 3 is 2.10 bits per heavy atom. The molecule has 2 rings (SSSR count). The van der Waals surface area contributed by atoms with Gasteiger partial charge in [-0.3, -0.25) is 14.5 Å². The molecule has 0 saturated carbocycles. The van der Waals surface area contributed by atoms with Crippen LogP contribution in [0.4, 0.5) is 13.2 Å². The van der Waals surface area contributed by atoms with Gasteiger partial charge in [-0.25, -0.2) is 0 Å². The van der Waals surface area contributed by atoms with E-state index < -0.39 is 18.6 Å². The lowest BCUT2D eigenvalue weighted by Gasteiger charge is -2.33. The van der Waals surface area contributed by atoms with Gasteiger partial charge in [0.05, 0.1) is 12.5 Å². The first-order valence-electron chi connectivity index (χ1n) is 7.13. The lowest BCUT2D eigenvalue weighted by Crippen LogP contribution is -2.44. The number of halogens is 3. The summed E-state index contributed by atoms with van der Waals surface area (Å²) in [5.74, 6) is -0.976. The van der Waals surface area contributed by atoms with Crippen molar-refractivity contribution in [1.29, 1.82) is 0 Å². The molecule has 1 unspecified atom stereocenters. The van der Waals surface area contributed by atoms with Crippen molar-refractivity contribution in [2.75, 3.05) is 32.7 Å². The zero-order valence-corrected chi connectivity index (χ0v) is 11.7. The summed E-state index contributed by atoms with van der Waals surface area (Å²) in [5.41, 5.74) is 5.23. The molecule has 0 aliphatic carbocycles. The lowest BCUT2D eigenvalue weighted by atomic mass is 9.95. The molecule has 2 saturated heterocycles. The van der Waals surface area contributed by atoms with Crippen LogP contribution >= 0.6 is 0 Å². The van der Waals surface area contributed by atoms with E-state index in [-0.39, 0.29) is 30.8 Å². The molecule has 0 aromatic heterocycles. The third kappa shape index (κ3) is 4.33. The summed E-state index contributed by atoms with van der Waals surface area (Å²) >= 11 is 0. The molecule has 0 spiro atoms. The van der Waals surface area contributed by atoms with Crippen LogP contribution in [0.15, 0.2) is 0 Å². The van der Waals surface area contributed by atoms with Gasteiger partial charge in [-0.1, -0.05) is 0 Å². The Morgan fingerprint density at radius 2 is 1.62 bits per heavy atom. The number of alkyl halides is 3. The van der Waals surface area contributed by atoms with Gasteiger partial charge in [-0.15, -0.1) is 0 Å². The van der Waals surface area contributed by atoms with E-state index in [4.69, 9.17) is 5.73 Å². The van der Waals surface area contributed by atoms with Crippen molar-refractivity contribution in [2.45, 2.75) is 25.4 Å². The van der Waals surface area contributed by atoms with Crippen molar-refractivity contribution >= 4 is 11.8 Å². The number of carbonyl (C=O) groups excluding carboxylic acids is 2. The molecule has 2 amide bonds. The Kier molecular flexibility index (Phi) is 4.75. The molecule has 2 aliphatic heterocycles. The van der Waals surface area contributed by atoms with Crippen LogP contribution in [-0.4, -0.2) is 60.5 Å². The largest absolute Gasteiger partial charge is 0.401 e. The molecule has 120 valence electrons. The van der Waals surface area contributed by atoms with Gasteiger partial charge in [-0.2, -0.15) is 13.2 Å². The first kappa shape index (κ1) is 16.1. The van der Waals surface area contributed by atoms with Crippen LogP contribution in [0.2, 0.25) is 0 Å². The topological polar surface area (TPSA) is 66.6 Å². The molecular weight excluding hydrogens is 287 g/mol. The van der Waals surface area contributed by atoms with Crippen LogP contribution in [0.3, 0.4) is 0 Å². The Bertz CT molecular complexity index is 406. The van der Waals surface area contributed by atoms with E-state index in [2.05, 4.69) is 0 Å². The molecular formula is C13H20F3N3O2. The average molecular weight is 307 g/mol. The minimum atomic E-state index is -4.19. The van der Waals surface area contributed by atoms with Gasteiger partial charge >= 0.3 is 6.18 Å². The van der Waals surface area contributed by atoms with E-state index in [1.807, 2.05) is 0 Å². The molecule has 21 heavy (non-hydrogen) atoms. The van der Waals surface area contributed by atoms with Gasteiger partial charge in [-0.05, 0) is 32.4 Å². The number of rotatable bonds is 3. The van der Waals surface area contributed by atoms with Crippen LogP contribution in [0.5, 0.6) is 0 Å². The van der Waals surface area contributed by atoms with Crippen molar-refractivity contribution in [1.82, 2.24) is 9.80 Å². The van der Waals surface area contributed by atoms with Gasteiger partial charge in [0, 0.05) is 19.0 Å². The molecule has 8 heteroatoms. The molecule has 0 aromatic rings. The maximum absolute atomic E-state index is 12.3. The van der Waals surface area contributed by atoms with Crippen molar-refractivity contribution in [3.05, 3.63) is 0 Å². The second-order valence-electron chi connectivity index (χ2n) is 5.84. The highest BCUT2D eigenvalue weighted by Crippen LogP contribution is 2.26. The van der Waals surface area contributed by atoms with Crippen molar-refractivity contribution < 1.29 is 22.8 Å². The summed E-state index contributed by atoms with van der Waals surface area (Å²) in [5, 5.41) is 0. The number of nitrogens with zero attached hydrogens (tertiary/aromatic N) is 2. The zero-order chi connectivity index (χ0) is 15.6. The Balaban J connectivity index is 1.80. The quantitative estimate of drug-likeness (QED) is 0.830. The lowest BCUT2D eigenvalue weighted by molar-refractivity contribution is -0.150. The number of hydrogen-bond donors (Lipinski definition) is 1. The Labute approximate surface area is 121 Å². The number of piperidine rings is 1. The van der Waals surface area contributed by atoms with Gasteiger partial charge in [0.25, 0.3) is 0 Å². The highest BCUT2D eigenvalue weighted by atomic mass is 19.4. The SMILES string of the molecule is NC(=O)C1CCN(C(=O)C2CCN(CC(F)(F)F)CC2)C1. The van der Waals surface area contributed by atoms with Gasteiger partial charge < -0.3 is 10.6 Å². The third-order valence-corrected chi connectivity index (χ3v) is 4.24. The minimum Gasteiger partial charge on any atom is -0.369 e. The van der Waals surface area contributed by atoms with Crippen LogP contribution in [-0.2, 0) is 9.59 Å². The van der Waals surface area contributed by atoms with Crippen LogP contribution in [0.1, 0.15) is 19.3 Å². The molecule has 1 atom stereocenters. The molecule has 2 heterocycles. The summed E-state index contributed by atoms with van der Waals surface area (Å²) in [6.45, 7) is 0.500. The smallest absolute Gasteiger partial charge is 0.369 e. The second-order valence-corrected chi connectivity index (χ2v) is 5.84. The van der Waals surface area contributed by atoms with Gasteiger partial charge in [0.1, 0.15) is 0 Å². The van der Waals surface area contributed by atoms with E-state index in [0.29, 0.717) is 32.4 Å². The standard InChI is InChI=1S/C13H20F3N3O2/c14-13(15,16)8-18-4-1-9(2-5-18)12(21)19-6-3-10(7-19)11(17)20/h9-10H,1-8H2,(H2,17,20). The molecule has 2 fully saturated rings. The molecule has 2 aliphatic rings. The first-order chi connectivity index (χ1) is 9.76. The molecule has 0 radical (unpaired) electrons. The average Bonchev–Trinajstić information content (AvgIpc) is 2.86. The normalized spacial score (nSPS) is 25.3. The van der Waals surface area contributed by atoms with Crippen LogP contribution in [0.25, 0.3) is 0 Å². The van der Waals surface area contributed by atoms with Crippen molar-refractivity contribution in [2.24, 2.45) is 17.6 Å². The first-order valence-corrected chi connectivity index (χ1v) is 7.13.